The lowest BCUT2D eigenvalue weighted by atomic mass is 10.0. The second-order valence-electron chi connectivity index (χ2n) is 11.2. The Morgan fingerprint density at radius 3 is 1.05 bits per heavy atom. The molecule has 0 aliphatic carbocycles. The lowest BCUT2D eigenvalue weighted by Crippen LogP contribution is -2.50. The van der Waals surface area contributed by atoms with E-state index in [1.165, 1.54) is 116 Å². The summed E-state index contributed by atoms with van der Waals surface area (Å²) in [7, 11) is 0.150. The van der Waals surface area contributed by atoms with Gasteiger partial charge in [0.05, 0.1) is 0 Å². The van der Waals surface area contributed by atoms with Crippen LogP contribution in [0.4, 0.5) is 0 Å². The molecule has 0 saturated heterocycles. The highest BCUT2D eigenvalue weighted by Crippen LogP contribution is 2.36. The van der Waals surface area contributed by atoms with Gasteiger partial charge in [-0.3, -0.25) is 0 Å². The first-order valence-corrected chi connectivity index (χ1v) is 21.3. The summed E-state index contributed by atoms with van der Waals surface area (Å²) >= 11 is 0. The van der Waals surface area contributed by atoms with Gasteiger partial charge in [0.2, 0.25) is 0 Å². The van der Waals surface area contributed by atoms with Crippen LogP contribution >= 0.6 is 0 Å². The second kappa shape index (κ2) is 31.6. The SMILES string of the molecule is CCCCCCCCCCC(CCCCCCC)[Si](OCC)(OCC)OCC.CCCCCC[Si](OC)(OC)OC. The third-order valence-corrected chi connectivity index (χ3v) is 14.4. The molecule has 6 nitrogen and oxygen atoms in total. The van der Waals surface area contributed by atoms with Crippen LogP contribution in [0, 0.1) is 0 Å². The summed E-state index contributed by atoms with van der Waals surface area (Å²) in [6.45, 7) is 15.1. The van der Waals surface area contributed by atoms with Gasteiger partial charge in [0, 0.05) is 52.7 Å². The van der Waals surface area contributed by atoms with E-state index in [2.05, 4.69) is 41.5 Å². The standard InChI is InChI=1S/C24H52O3Si.C9H22O3Si/c1-6-11-13-15-16-17-19-21-23-24(22-20-18-14-12-7-2)28(25-8-3,26-9-4)27-10-5;1-5-6-7-8-9-13(10-2,11-3)12-4/h24H,6-23H2,1-5H3;5-9H2,1-4H3. The molecule has 1 unspecified atom stereocenters. The minimum Gasteiger partial charge on any atom is -0.377 e. The van der Waals surface area contributed by atoms with Crippen molar-refractivity contribution in [2.75, 3.05) is 41.2 Å². The van der Waals surface area contributed by atoms with Gasteiger partial charge in [0.1, 0.15) is 0 Å². The monoisotopic (exact) mass is 623 g/mol. The molecule has 0 amide bonds. The summed E-state index contributed by atoms with van der Waals surface area (Å²) in [6.07, 6.45) is 24.9. The van der Waals surface area contributed by atoms with E-state index in [4.69, 9.17) is 26.6 Å². The normalized spacial score (nSPS) is 12.8. The Bertz CT molecular complexity index is 483. The van der Waals surface area contributed by atoms with E-state index in [0.29, 0.717) is 25.4 Å². The molecule has 0 N–H and O–H groups in total. The van der Waals surface area contributed by atoms with Gasteiger partial charge >= 0.3 is 17.6 Å². The predicted octanol–water partition coefficient (Wildman–Crippen LogP) is 10.7. The molecule has 8 heteroatoms. The van der Waals surface area contributed by atoms with Crippen LogP contribution in [0.1, 0.15) is 164 Å². The Balaban J connectivity index is 0. The molecule has 0 aromatic rings. The van der Waals surface area contributed by atoms with Crippen LogP contribution < -0.4 is 0 Å². The van der Waals surface area contributed by atoms with Crippen LogP contribution in [-0.2, 0) is 26.6 Å². The molecule has 0 aromatic carbocycles. The van der Waals surface area contributed by atoms with Crippen LogP contribution in [0.25, 0.3) is 0 Å². The zero-order valence-corrected chi connectivity index (χ0v) is 31.3. The fourth-order valence-electron chi connectivity index (χ4n) is 5.42. The molecule has 0 aliphatic heterocycles. The van der Waals surface area contributed by atoms with Crippen LogP contribution in [0.15, 0.2) is 0 Å². The van der Waals surface area contributed by atoms with Crippen LogP contribution in [0.2, 0.25) is 11.6 Å². The summed E-state index contributed by atoms with van der Waals surface area (Å²) < 4.78 is 34.7. The third-order valence-electron chi connectivity index (χ3n) is 7.87. The Hall–Kier alpha value is 0.194. The van der Waals surface area contributed by atoms with Gasteiger partial charge in [0.25, 0.3) is 0 Å². The Morgan fingerprint density at radius 2 is 0.732 bits per heavy atom. The van der Waals surface area contributed by atoms with Gasteiger partial charge in [-0.15, -0.1) is 0 Å². The molecule has 1 atom stereocenters. The van der Waals surface area contributed by atoms with Crippen molar-refractivity contribution in [2.45, 2.75) is 175 Å². The Kier molecular flexibility index (Phi) is 33.4. The molecule has 0 heterocycles. The largest absolute Gasteiger partial charge is 0.504 e. The minimum atomic E-state index is -2.58. The fourth-order valence-corrected chi connectivity index (χ4v) is 10.5. The van der Waals surface area contributed by atoms with E-state index in [0.717, 1.165) is 12.5 Å². The molecule has 0 saturated carbocycles. The van der Waals surface area contributed by atoms with E-state index in [-0.39, 0.29) is 0 Å². The molecule has 41 heavy (non-hydrogen) atoms. The zero-order chi connectivity index (χ0) is 31.1. The molecule has 250 valence electrons. The average molecular weight is 623 g/mol. The highest BCUT2D eigenvalue weighted by Gasteiger charge is 2.48. The van der Waals surface area contributed by atoms with Gasteiger partial charge in [-0.2, -0.15) is 0 Å². The van der Waals surface area contributed by atoms with Gasteiger partial charge < -0.3 is 26.6 Å². The molecule has 0 rings (SSSR count). The fraction of sp³-hybridized carbons (Fsp3) is 1.00. The molecular formula is C33H74O6Si2. The van der Waals surface area contributed by atoms with Gasteiger partial charge in [0.15, 0.2) is 0 Å². The maximum absolute atomic E-state index is 6.27. The van der Waals surface area contributed by atoms with Crippen LogP contribution in [0.3, 0.4) is 0 Å². The van der Waals surface area contributed by atoms with Gasteiger partial charge in [-0.1, -0.05) is 124 Å². The van der Waals surface area contributed by atoms with Crippen LogP contribution in [0.5, 0.6) is 0 Å². The molecule has 0 aliphatic rings. The van der Waals surface area contributed by atoms with Crippen molar-refractivity contribution in [1.29, 1.82) is 0 Å². The van der Waals surface area contributed by atoms with E-state index in [9.17, 15) is 0 Å². The molecule has 0 radical (unpaired) electrons. The Morgan fingerprint density at radius 1 is 0.415 bits per heavy atom. The maximum atomic E-state index is 6.27. The second-order valence-corrected chi connectivity index (χ2v) is 17.2. The zero-order valence-electron chi connectivity index (χ0n) is 29.3. The smallest absolute Gasteiger partial charge is 0.377 e. The number of rotatable bonds is 30. The van der Waals surface area contributed by atoms with Crippen LogP contribution in [-0.4, -0.2) is 58.8 Å². The highest BCUT2D eigenvalue weighted by molar-refractivity contribution is 6.62. The van der Waals surface area contributed by atoms with Gasteiger partial charge in [-0.25, -0.2) is 0 Å². The number of hydrogen-bond acceptors (Lipinski definition) is 6. The summed E-state index contributed by atoms with van der Waals surface area (Å²) in [5.74, 6) is 0. The predicted molar refractivity (Wildman–Crippen MR) is 181 cm³/mol. The first kappa shape index (κ1) is 43.3. The van der Waals surface area contributed by atoms with Crippen molar-refractivity contribution in [3.8, 4) is 0 Å². The van der Waals surface area contributed by atoms with Crippen molar-refractivity contribution in [2.24, 2.45) is 0 Å². The molecule has 0 spiro atoms. The van der Waals surface area contributed by atoms with Crippen molar-refractivity contribution in [3.05, 3.63) is 0 Å². The van der Waals surface area contributed by atoms with E-state index < -0.39 is 17.6 Å². The molecule has 0 fully saturated rings. The lowest BCUT2D eigenvalue weighted by Gasteiger charge is -2.35. The van der Waals surface area contributed by atoms with Gasteiger partial charge in [-0.05, 0) is 40.0 Å². The van der Waals surface area contributed by atoms with Crippen molar-refractivity contribution in [1.82, 2.24) is 0 Å². The molecular weight excluding hydrogens is 549 g/mol. The number of unbranched alkanes of at least 4 members (excludes halogenated alkanes) is 14. The topological polar surface area (TPSA) is 55.4 Å². The van der Waals surface area contributed by atoms with E-state index in [1.807, 2.05) is 0 Å². The maximum Gasteiger partial charge on any atom is 0.504 e. The van der Waals surface area contributed by atoms with Crippen molar-refractivity contribution >= 4 is 17.6 Å². The molecule has 0 aromatic heterocycles. The molecule has 0 bridgehead atoms. The third kappa shape index (κ3) is 22.4. The minimum absolute atomic E-state index is 0.467. The lowest BCUT2D eigenvalue weighted by molar-refractivity contribution is 0.0579. The highest BCUT2D eigenvalue weighted by atomic mass is 28.4. The van der Waals surface area contributed by atoms with E-state index in [1.54, 1.807) is 21.3 Å². The quantitative estimate of drug-likeness (QED) is 0.0587. The van der Waals surface area contributed by atoms with E-state index >= 15 is 0 Å². The van der Waals surface area contributed by atoms with Crippen molar-refractivity contribution < 1.29 is 26.6 Å². The number of hydrogen-bond donors (Lipinski definition) is 0. The average Bonchev–Trinajstić information content (AvgIpc) is 2.98. The van der Waals surface area contributed by atoms with Crippen molar-refractivity contribution in [3.63, 3.8) is 0 Å². The Labute approximate surface area is 260 Å². The first-order valence-electron chi connectivity index (χ1n) is 17.5. The summed E-state index contributed by atoms with van der Waals surface area (Å²) in [5, 5.41) is 0. The summed E-state index contributed by atoms with van der Waals surface area (Å²) in [4.78, 5) is 0. The summed E-state index contributed by atoms with van der Waals surface area (Å²) in [5.41, 5.74) is 0.467. The summed E-state index contributed by atoms with van der Waals surface area (Å²) in [6, 6.07) is 0.927. The first-order chi connectivity index (χ1) is 19.9.